The summed E-state index contributed by atoms with van der Waals surface area (Å²) in [5.74, 6) is 1.35. The van der Waals surface area contributed by atoms with Gasteiger partial charge in [0.15, 0.2) is 0 Å². The Morgan fingerprint density at radius 2 is 1.54 bits per heavy atom. The molecule has 1 aromatic carbocycles. The number of benzene rings is 1. The minimum absolute atomic E-state index is 0.152. The van der Waals surface area contributed by atoms with Crippen molar-refractivity contribution in [2.24, 2.45) is 11.8 Å². The molecule has 0 amide bonds. The van der Waals surface area contributed by atoms with Crippen molar-refractivity contribution in [2.45, 2.75) is 103 Å². The van der Waals surface area contributed by atoms with E-state index in [2.05, 4.69) is 38.1 Å². The molecule has 1 unspecified atom stereocenters. The first-order valence-electron chi connectivity index (χ1n) is 11.2. The van der Waals surface area contributed by atoms with Gasteiger partial charge in [0.05, 0.1) is 0 Å². The first-order valence-corrected chi connectivity index (χ1v) is 11.2. The standard InChI is InChI=1S/C24H40O2/c1-3-5-7-9-11-21-14-18-23(19-15-21)24(26-25)22-16-12-20(13-17-22)10-8-6-4-2/h14-15,18-20,22,24-25H,3-13,16-17H2,1-2H3. The Labute approximate surface area is 161 Å². The van der Waals surface area contributed by atoms with Crippen LogP contribution in [0.2, 0.25) is 0 Å². The zero-order valence-electron chi connectivity index (χ0n) is 17.1. The average Bonchev–Trinajstić information content (AvgIpc) is 2.68. The minimum Gasteiger partial charge on any atom is -0.251 e. The lowest BCUT2D eigenvalue weighted by Crippen LogP contribution is -2.22. The largest absolute Gasteiger partial charge is 0.251 e. The maximum Gasteiger partial charge on any atom is 0.120 e. The van der Waals surface area contributed by atoms with Gasteiger partial charge in [-0.05, 0) is 48.6 Å². The number of hydrogen-bond donors (Lipinski definition) is 1. The monoisotopic (exact) mass is 360 g/mol. The molecule has 2 nitrogen and oxygen atoms in total. The van der Waals surface area contributed by atoms with E-state index in [4.69, 9.17) is 4.89 Å². The molecule has 1 aliphatic rings. The van der Waals surface area contributed by atoms with Gasteiger partial charge in [0, 0.05) is 0 Å². The smallest absolute Gasteiger partial charge is 0.120 e. The number of aryl methyl sites for hydroxylation is 1. The van der Waals surface area contributed by atoms with Crippen LogP contribution in [0.5, 0.6) is 0 Å². The molecule has 26 heavy (non-hydrogen) atoms. The van der Waals surface area contributed by atoms with Crippen LogP contribution in [0.1, 0.15) is 108 Å². The molecule has 0 heterocycles. The Balaban J connectivity index is 1.81. The molecule has 1 aromatic rings. The zero-order chi connectivity index (χ0) is 18.6. The second-order valence-corrected chi connectivity index (χ2v) is 8.35. The minimum atomic E-state index is -0.152. The summed E-state index contributed by atoms with van der Waals surface area (Å²) >= 11 is 0. The van der Waals surface area contributed by atoms with Gasteiger partial charge in [-0.3, -0.25) is 5.26 Å². The van der Waals surface area contributed by atoms with Crippen molar-refractivity contribution in [3.63, 3.8) is 0 Å². The van der Waals surface area contributed by atoms with Gasteiger partial charge >= 0.3 is 0 Å². The summed E-state index contributed by atoms with van der Waals surface area (Å²) in [6, 6.07) is 8.79. The van der Waals surface area contributed by atoms with Crippen molar-refractivity contribution in [1.82, 2.24) is 0 Å². The van der Waals surface area contributed by atoms with E-state index in [0.717, 1.165) is 17.9 Å². The van der Waals surface area contributed by atoms with Crippen LogP contribution in [-0.2, 0) is 11.3 Å². The molecule has 2 heteroatoms. The van der Waals surface area contributed by atoms with Crippen LogP contribution < -0.4 is 0 Å². The normalized spacial score (nSPS) is 21.7. The Morgan fingerprint density at radius 3 is 2.15 bits per heavy atom. The Kier molecular flexibility index (Phi) is 10.3. The van der Waals surface area contributed by atoms with Gasteiger partial charge in [0.2, 0.25) is 0 Å². The molecular weight excluding hydrogens is 320 g/mol. The molecule has 1 fully saturated rings. The van der Waals surface area contributed by atoms with Gasteiger partial charge in [0.25, 0.3) is 0 Å². The van der Waals surface area contributed by atoms with Gasteiger partial charge in [0.1, 0.15) is 6.10 Å². The summed E-state index contributed by atoms with van der Waals surface area (Å²) < 4.78 is 0. The van der Waals surface area contributed by atoms with Crippen LogP contribution in [-0.4, -0.2) is 5.26 Å². The highest BCUT2D eigenvalue weighted by Crippen LogP contribution is 2.40. The first-order chi connectivity index (χ1) is 12.8. The van der Waals surface area contributed by atoms with E-state index in [1.165, 1.54) is 82.6 Å². The predicted molar refractivity (Wildman–Crippen MR) is 110 cm³/mol. The van der Waals surface area contributed by atoms with Gasteiger partial charge in [-0.15, -0.1) is 0 Å². The second kappa shape index (κ2) is 12.5. The van der Waals surface area contributed by atoms with E-state index >= 15 is 0 Å². The van der Waals surface area contributed by atoms with Crippen LogP contribution >= 0.6 is 0 Å². The molecular formula is C24H40O2. The van der Waals surface area contributed by atoms with Crippen molar-refractivity contribution in [1.29, 1.82) is 0 Å². The van der Waals surface area contributed by atoms with Crippen molar-refractivity contribution in [3.05, 3.63) is 35.4 Å². The lowest BCUT2D eigenvalue weighted by molar-refractivity contribution is -0.296. The molecule has 1 N–H and O–H groups in total. The molecule has 0 bridgehead atoms. The number of rotatable bonds is 12. The molecule has 1 aliphatic carbocycles. The third-order valence-electron chi connectivity index (χ3n) is 6.28. The molecule has 0 radical (unpaired) electrons. The van der Waals surface area contributed by atoms with Crippen molar-refractivity contribution in [3.8, 4) is 0 Å². The van der Waals surface area contributed by atoms with Gasteiger partial charge in [-0.1, -0.05) is 95.9 Å². The summed E-state index contributed by atoms with van der Waals surface area (Å²) in [5.41, 5.74) is 2.54. The Bertz CT molecular complexity index is 460. The molecule has 0 spiro atoms. The van der Waals surface area contributed by atoms with E-state index in [1.54, 1.807) is 0 Å². The fraction of sp³-hybridized carbons (Fsp3) is 0.750. The third kappa shape index (κ3) is 7.04. The van der Waals surface area contributed by atoms with Gasteiger partial charge in [-0.2, -0.15) is 0 Å². The first kappa shape index (κ1) is 21.4. The molecule has 0 aromatic heterocycles. The lowest BCUT2D eigenvalue weighted by atomic mass is 9.76. The highest BCUT2D eigenvalue weighted by molar-refractivity contribution is 5.25. The third-order valence-corrected chi connectivity index (χ3v) is 6.28. The zero-order valence-corrected chi connectivity index (χ0v) is 17.1. The molecule has 0 aliphatic heterocycles. The Morgan fingerprint density at radius 1 is 0.885 bits per heavy atom. The highest BCUT2D eigenvalue weighted by atomic mass is 17.1. The topological polar surface area (TPSA) is 29.5 Å². The number of hydrogen-bond acceptors (Lipinski definition) is 2. The predicted octanol–water partition coefficient (Wildman–Crippen LogP) is 7.73. The maximum atomic E-state index is 9.54. The molecule has 2 rings (SSSR count). The van der Waals surface area contributed by atoms with E-state index in [1.807, 2.05) is 0 Å². The summed E-state index contributed by atoms with van der Waals surface area (Å²) in [6.07, 6.45) is 16.6. The van der Waals surface area contributed by atoms with E-state index in [-0.39, 0.29) is 6.10 Å². The maximum absolute atomic E-state index is 9.54. The van der Waals surface area contributed by atoms with Gasteiger partial charge in [-0.25, -0.2) is 4.89 Å². The quantitative estimate of drug-likeness (QED) is 0.235. The van der Waals surface area contributed by atoms with Crippen LogP contribution in [0.25, 0.3) is 0 Å². The van der Waals surface area contributed by atoms with Crippen molar-refractivity contribution >= 4 is 0 Å². The highest BCUT2D eigenvalue weighted by Gasteiger charge is 2.29. The van der Waals surface area contributed by atoms with Crippen LogP contribution in [0.15, 0.2) is 24.3 Å². The molecule has 148 valence electrons. The summed E-state index contributed by atoms with van der Waals surface area (Å²) in [5, 5.41) is 9.54. The van der Waals surface area contributed by atoms with E-state index in [9.17, 15) is 5.26 Å². The van der Waals surface area contributed by atoms with Crippen LogP contribution in [0.3, 0.4) is 0 Å². The lowest BCUT2D eigenvalue weighted by Gasteiger charge is -2.32. The SMILES string of the molecule is CCCCCCc1ccc(C(OO)C2CCC(CCCCC)CC2)cc1. The fourth-order valence-electron chi connectivity index (χ4n) is 4.51. The molecule has 1 saturated carbocycles. The van der Waals surface area contributed by atoms with Crippen molar-refractivity contribution < 1.29 is 10.1 Å². The van der Waals surface area contributed by atoms with Crippen LogP contribution in [0.4, 0.5) is 0 Å². The van der Waals surface area contributed by atoms with Crippen molar-refractivity contribution in [2.75, 3.05) is 0 Å². The molecule has 1 atom stereocenters. The summed E-state index contributed by atoms with van der Waals surface area (Å²) in [4.78, 5) is 4.96. The van der Waals surface area contributed by atoms with Gasteiger partial charge < -0.3 is 0 Å². The summed E-state index contributed by atoms with van der Waals surface area (Å²) in [6.45, 7) is 4.53. The second-order valence-electron chi connectivity index (χ2n) is 8.35. The number of unbranched alkanes of at least 4 members (excludes halogenated alkanes) is 5. The van der Waals surface area contributed by atoms with E-state index in [0.29, 0.717) is 5.92 Å². The Hall–Kier alpha value is -0.860. The fourth-order valence-corrected chi connectivity index (χ4v) is 4.51. The molecule has 0 saturated heterocycles. The van der Waals surface area contributed by atoms with Crippen LogP contribution in [0, 0.1) is 11.8 Å². The summed E-state index contributed by atoms with van der Waals surface area (Å²) in [7, 11) is 0. The van der Waals surface area contributed by atoms with E-state index < -0.39 is 0 Å². The average molecular weight is 361 g/mol.